The first-order valence-corrected chi connectivity index (χ1v) is 8.93. The lowest BCUT2D eigenvalue weighted by molar-refractivity contribution is -0.147. The molecule has 0 bridgehead atoms. The fourth-order valence-electron chi connectivity index (χ4n) is 3.39. The third-order valence-electron chi connectivity index (χ3n) is 5.40. The number of amides is 2. The highest BCUT2D eigenvalue weighted by molar-refractivity contribution is 6.10. The summed E-state index contributed by atoms with van der Waals surface area (Å²) in [5.74, 6) is -2.62. The van der Waals surface area contributed by atoms with Crippen molar-refractivity contribution in [2.45, 2.75) is 25.8 Å². The van der Waals surface area contributed by atoms with E-state index >= 15 is 0 Å². The summed E-state index contributed by atoms with van der Waals surface area (Å²) in [4.78, 5) is 27.2. The molecule has 2 aromatic rings. The third-order valence-corrected chi connectivity index (χ3v) is 5.40. The number of nitriles is 1. The number of hydrogen-bond acceptors (Lipinski definition) is 3. The monoisotopic (exact) mass is 395 g/mol. The molecule has 5 nitrogen and oxygen atoms in total. The largest absolute Gasteiger partial charge is 0.326 e. The van der Waals surface area contributed by atoms with E-state index in [-0.39, 0.29) is 17.7 Å². The van der Waals surface area contributed by atoms with Gasteiger partial charge in [0.1, 0.15) is 22.9 Å². The smallest absolute Gasteiger partial charge is 0.271 e. The summed E-state index contributed by atoms with van der Waals surface area (Å²) in [5.41, 5.74) is -0.389. The summed E-state index contributed by atoms with van der Waals surface area (Å²) in [7, 11) is 1.42. The van der Waals surface area contributed by atoms with Crippen LogP contribution in [0.3, 0.4) is 0 Å². The Morgan fingerprint density at radius 3 is 2.38 bits per heavy atom. The quantitative estimate of drug-likeness (QED) is 0.812. The molecule has 0 aromatic heterocycles. The lowest BCUT2D eigenvalue weighted by Crippen LogP contribution is -2.64. The fraction of sp³-hybridized carbons (Fsp3) is 0.227. The van der Waals surface area contributed by atoms with Crippen LogP contribution < -0.4 is 5.32 Å². The van der Waals surface area contributed by atoms with E-state index in [1.54, 1.807) is 31.2 Å². The lowest BCUT2D eigenvalue weighted by atomic mass is 9.86. The zero-order valence-corrected chi connectivity index (χ0v) is 16.2. The van der Waals surface area contributed by atoms with Crippen molar-refractivity contribution < 1.29 is 18.4 Å². The Morgan fingerprint density at radius 2 is 1.76 bits per heavy atom. The first-order chi connectivity index (χ1) is 13.7. The molecule has 2 amide bonds. The molecule has 0 saturated carbocycles. The Kier molecular flexibility index (Phi) is 5.21. The molecule has 148 valence electrons. The van der Waals surface area contributed by atoms with Crippen LogP contribution >= 0.6 is 0 Å². The Balaban J connectivity index is 2.02. The number of likely N-dealkylation sites (N-methyl/N-ethyl adjacent to an activating group) is 1. The normalized spacial score (nSPS) is 20.9. The van der Waals surface area contributed by atoms with Gasteiger partial charge in [-0.2, -0.15) is 5.26 Å². The zero-order valence-electron chi connectivity index (χ0n) is 16.2. The average Bonchev–Trinajstić information content (AvgIpc) is 2.71. The molecule has 1 unspecified atom stereocenters. The summed E-state index contributed by atoms with van der Waals surface area (Å²) in [5, 5.41) is 11.9. The molecule has 0 spiro atoms. The van der Waals surface area contributed by atoms with Gasteiger partial charge in [0.25, 0.3) is 11.8 Å². The van der Waals surface area contributed by atoms with Crippen LogP contribution in [0.2, 0.25) is 0 Å². The van der Waals surface area contributed by atoms with Gasteiger partial charge in [0, 0.05) is 19.0 Å². The van der Waals surface area contributed by atoms with Gasteiger partial charge < -0.3 is 10.2 Å². The summed E-state index contributed by atoms with van der Waals surface area (Å²) < 4.78 is 28.2. The van der Waals surface area contributed by atoms with E-state index in [2.05, 4.69) is 11.4 Å². The molecule has 0 aliphatic carbocycles. The number of benzene rings is 2. The van der Waals surface area contributed by atoms with E-state index in [1.807, 2.05) is 0 Å². The van der Waals surface area contributed by atoms with Crippen LogP contribution in [0.1, 0.15) is 30.5 Å². The van der Waals surface area contributed by atoms with Crippen molar-refractivity contribution in [3.05, 3.63) is 76.5 Å². The number of carbonyl (C=O) groups is 2. The van der Waals surface area contributed by atoms with Gasteiger partial charge in [0.15, 0.2) is 0 Å². The van der Waals surface area contributed by atoms with Crippen LogP contribution in [0, 0.1) is 23.0 Å². The van der Waals surface area contributed by atoms with Gasteiger partial charge in [-0.05, 0) is 43.2 Å². The van der Waals surface area contributed by atoms with E-state index in [4.69, 9.17) is 0 Å². The van der Waals surface area contributed by atoms with E-state index in [1.165, 1.54) is 24.9 Å². The highest BCUT2D eigenvalue weighted by Gasteiger charge is 2.47. The maximum Gasteiger partial charge on any atom is 0.271 e. The summed E-state index contributed by atoms with van der Waals surface area (Å²) in [6.45, 7) is 3.10. The molecule has 1 atom stereocenters. The Bertz CT molecular complexity index is 1070. The van der Waals surface area contributed by atoms with Crippen LogP contribution in [0.5, 0.6) is 0 Å². The zero-order chi connectivity index (χ0) is 21.3. The predicted molar refractivity (Wildman–Crippen MR) is 103 cm³/mol. The van der Waals surface area contributed by atoms with E-state index in [0.29, 0.717) is 16.7 Å². The molecule has 29 heavy (non-hydrogen) atoms. The maximum absolute atomic E-state index is 14.1. The Hall–Kier alpha value is -3.53. The van der Waals surface area contributed by atoms with Gasteiger partial charge in [-0.3, -0.25) is 9.59 Å². The van der Waals surface area contributed by atoms with Gasteiger partial charge in [-0.1, -0.05) is 24.3 Å². The number of piperazine rings is 1. The SMILES string of the molecule is CC(=C1NC(=O)C(C)(Cc2c(F)cccc2F)N(C)C1=O)c1ccccc1C#N. The van der Waals surface area contributed by atoms with Crippen LogP contribution in [0.25, 0.3) is 5.57 Å². The minimum absolute atomic E-state index is 0.0340. The second-order valence-corrected chi connectivity index (χ2v) is 7.13. The molecular weight excluding hydrogens is 376 g/mol. The van der Waals surface area contributed by atoms with Gasteiger partial charge in [0.2, 0.25) is 0 Å². The predicted octanol–water partition coefficient (Wildman–Crippen LogP) is 3.16. The minimum Gasteiger partial charge on any atom is -0.326 e. The highest BCUT2D eigenvalue weighted by Crippen LogP contribution is 2.31. The van der Waals surface area contributed by atoms with Crippen LogP contribution in [-0.2, 0) is 16.0 Å². The molecule has 1 saturated heterocycles. The summed E-state index contributed by atoms with van der Waals surface area (Å²) in [6, 6.07) is 12.2. The lowest BCUT2D eigenvalue weighted by Gasteiger charge is -2.42. The fourth-order valence-corrected chi connectivity index (χ4v) is 3.39. The Labute approximate surface area is 167 Å². The van der Waals surface area contributed by atoms with Gasteiger partial charge in [-0.15, -0.1) is 0 Å². The first-order valence-electron chi connectivity index (χ1n) is 8.93. The molecule has 1 heterocycles. The standard InChI is InChI=1S/C22H19F2N3O2/c1-13(15-8-5-4-7-14(15)12-25)19-20(28)27(3)22(2,21(29)26-19)11-16-17(23)9-6-10-18(16)24/h4-10H,11H2,1-3H3,(H,26,29). The van der Waals surface area contributed by atoms with E-state index < -0.39 is 29.0 Å². The average molecular weight is 395 g/mol. The Morgan fingerprint density at radius 1 is 1.14 bits per heavy atom. The van der Waals surface area contributed by atoms with Crippen molar-refractivity contribution in [2.24, 2.45) is 0 Å². The van der Waals surface area contributed by atoms with Crippen molar-refractivity contribution >= 4 is 17.4 Å². The number of nitrogens with zero attached hydrogens (tertiary/aromatic N) is 2. The number of rotatable bonds is 3. The van der Waals surface area contributed by atoms with Crippen molar-refractivity contribution in [2.75, 3.05) is 7.05 Å². The van der Waals surface area contributed by atoms with Crippen LogP contribution in [0.4, 0.5) is 8.78 Å². The first kappa shape index (κ1) is 20.2. The number of hydrogen-bond donors (Lipinski definition) is 1. The number of carbonyl (C=O) groups excluding carboxylic acids is 2. The molecule has 3 rings (SSSR count). The highest BCUT2D eigenvalue weighted by atomic mass is 19.1. The maximum atomic E-state index is 14.1. The second kappa shape index (κ2) is 7.47. The minimum atomic E-state index is -1.49. The van der Waals surface area contributed by atoms with Crippen LogP contribution in [-0.4, -0.2) is 29.3 Å². The molecule has 0 radical (unpaired) electrons. The topological polar surface area (TPSA) is 73.2 Å². The summed E-state index contributed by atoms with van der Waals surface area (Å²) >= 11 is 0. The summed E-state index contributed by atoms with van der Waals surface area (Å²) in [6.07, 6.45) is -0.319. The van der Waals surface area contributed by atoms with E-state index in [0.717, 1.165) is 12.1 Å². The third kappa shape index (κ3) is 3.38. The molecule has 1 fully saturated rings. The van der Waals surface area contributed by atoms with Gasteiger partial charge in [0.05, 0.1) is 11.6 Å². The molecule has 2 aromatic carbocycles. The van der Waals surface area contributed by atoms with E-state index in [9.17, 15) is 23.6 Å². The molecular formula is C22H19F2N3O2. The van der Waals surface area contributed by atoms with Crippen molar-refractivity contribution in [3.63, 3.8) is 0 Å². The molecule has 1 N–H and O–H groups in total. The molecule has 7 heteroatoms. The van der Waals surface area contributed by atoms with Gasteiger partial charge >= 0.3 is 0 Å². The van der Waals surface area contributed by atoms with Crippen molar-refractivity contribution in [1.29, 1.82) is 5.26 Å². The molecule has 1 aliphatic heterocycles. The second-order valence-electron chi connectivity index (χ2n) is 7.13. The van der Waals surface area contributed by atoms with Crippen LogP contribution in [0.15, 0.2) is 48.2 Å². The van der Waals surface area contributed by atoms with Gasteiger partial charge in [-0.25, -0.2) is 8.78 Å². The van der Waals surface area contributed by atoms with Crippen molar-refractivity contribution in [3.8, 4) is 6.07 Å². The van der Waals surface area contributed by atoms with Crippen molar-refractivity contribution in [1.82, 2.24) is 10.2 Å². The number of allylic oxidation sites excluding steroid dienone is 1. The number of nitrogens with one attached hydrogen (secondary N) is 1. The molecule has 1 aliphatic rings. The number of halogens is 2.